The van der Waals surface area contributed by atoms with E-state index in [0.717, 1.165) is 0 Å². The second-order valence-corrected chi connectivity index (χ2v) is 4.69. The maximum Gasteiger partial charge on any atom is 0.451 e. The topological polar surface area (TPSA) is 136 Å². The number of carbonyl (C=O) groups is 1. The molecule has 0 aromatic carbocycles. The van der Waals surface area contributed by atoms with E-state index in [-0.39, 0.29) is 19.5 Å². The summed E-state index contributed by atoms with van der Waals surface area (Å²) in [5.41, 5.74) is 3.40. The van der Waals surface area contributed by atoms with Gasteiger partial charge in [0.2, 0.25) is 0 Å². The van der Waals surface area contributed by atoms with Crippen molar-refractivity contribution in [3.8, 4) is 0 Å². The Morgan fingerprint density at radius 2 is 2.06 bits per heavy atom. The highest BCUT2D eigenvalue weighted by Gasteiger charge is 2.57. The van der Waals surface area contributed by atoms with Crippen LogP contribution in [0.25, 0.3) is 0 Å². The summed E-state index contributed by atoms with van der Waals surface area (Å²) in [5.74, 6) is -1.15. The lowest BCUT2D eigenvalue weighted by Crippen LogP contribution is -2.62. The molecule has 1 rings (SSSR count). The van der Waals surface area contributed by atoms with Gasteiger partial charge < -0.3 is 31.3 Å². The molecule has 7 N–H and O–H groups in total. The molecule has 0 radical (unpaired) electrons. The Kier molecular flexibility index (Phi) is 4.51. The van der Waals surface area contributed by atoms with E-state index in [1.807, 2.05) is 0 Å². The zero-order valence-corrected chi connectivity index (χ0v) is 9.59. The molecular weight excluding hydrogens is 227 g/mol. The van der Waals surface area contributed by atoms with E-state index in [0.29, 0.717) is 19.4 Å². The Bertz CT molecular complexity index is 291. The Balaban J connectivity index is 2.76. The summed E-state index contributed by atoms with van der Waals surface area (Å²) in [6.45, 7) is 0.0721. The maximum absolute atomic E-state index is 11.2. The lowest BCUT2D eigenvalue weighted by molar-refractivity contribution is -0.148. The molecule has 1 aliphatic rings. The first-order valence-electron chi connectivity index (χ1n) is 5.58. The zero-order valence-electron chi connectivity index (χ0n) is 9.59. The summed E-state index contributed by atoms with van der Waals surface area (Å²) in [6.07, 6.45) is 0.862. The van der Waals surface area contributed by atoms with E-state index >= 15 is 0 Å². The minimum atomic E-state index is -1.51. The number of hydrogen-bond acceptors (Lipinski definition) is 6. The van der Waals surface area contributed by atoms with E-state index < -0.39 is 24.0 Å². The molecule has 0 bridgehead atoms. The van der Waals surface area contributed by atoms with Gasteiger partial charge in [-0.3, -0.25) is 4.79 Å². The molecule has 0 aromatic rings. The van der Waals surface area contributed by atoms with Gasteiger partial charge in [0.1, 0.15) is 5.54 Å². The van der Waals surface area contributed by atoms with Crippen LogP contribution in [0.3, 0.4) is 0 Å². The number of rotatable bonds is 6. The Labute approximate surface area is 99.8 Å². The van der Waals surface area contributed by atoms with E-state index in [2.05, 4.69) is 5.32 Å². The Hall–Kier alpha value is -0.665. The van der Waals surface area contributed by atoms with E-state index in [9.17, 15) is 15.0 Å². The van der Waals surface area contributed by atoms with E-state index in [1.54, 1.807) is 0 Å². The normalized spacial score (nSPS) is 32.7. The number of hydrogen-bond donors (Lipinski definition) is 6. The van der Waals surface area contributed by atoms with Gasteiger partial charge in [-0.2, -0.15) is 0 Å². The molecule has 1 saturated heterocycles. The van der Waals surface area contributed by atoms with Gasteiger partial charge in [-0.25, -0.2) is 0 Å². The number of aliphatic hydroxyl groups is 1. The molecular formula is C9H19BN2O5. The molecule has 0 aliphatic carbocycles. The first-order chi connectivity index (χ1) is 7.88. The average Bonchev–Trinajstić information content (AvgIpc) is 2.58. The second kappa shape index (κ2) is 5.32. The minimum Gasteiger partial charge on any atom is -0.480 e. The minimum absolute atomic E-state index is 0.102. The molecule has 2 atom stereocenters. The van der Waals surface area contributed by atoms with Crippen molar-refractivity contribution in [3.63, 3.8) is 0 Å². The first kappa shape index (κ1) is 14.4. The van der Waals surface area contributed by atoms with Crippen LogP contribution >= 0.6 is 0 Å². The molecule has 0 spiro atoms. The van der Waals surface area contributed by atoms with Crippen molar-refractivity contribution in [2.45, 2.75) is 24.7 Å². The molecule has 0 amide bonds. The quantitative estimate of drug-likeness (QED) is 0.287. The van der Waals surface area contributed by atoms with Crippen molar-refractivity contribution in [1.82, 2.24) is 5.32 Å². The summed E-state index contributed by atoms with van der Waals surface area (Å²) >= 11 is 0. The fourth-order valence-electron chi connectivity index (χ4n) is 2.36. The summed E-state index contributed by atoms with van der Waals surface area (Å²) in [4.78, 5) is 11.2. The van der Waals surface area contributed by atoms with E-state index in [1.165, 1.54) is 0 Å². The molecule has 1 aliphatic heterocycles. The molecule has 0 saturated carbocycles. The largest absolute Gasteiger partial charge is 0.480 e. The molecule has 1 unspecified atom stereocenters. The number of aliphatic carboxylic acids is 1. The molecule has 17 heavy (non-hydrogen) atoms. The molecule has 1 heterocycles. The molecule has 0 aromatic heterocycles. The highest BCUT2D eigenvalue weighted by Crippen LogP contribution is 2.38. The third kappa shape index (κ3) is 2.61. The van der Waals surface area contributed by atoms with Crippen molar-refractivity contribution in [1.29, 1.82) is 0 Å². The lowest BCUT2D eigenvalue weighted by Gasteiger charge is -2.38. The predicted molar refractivity (Wildman–Crippen MR) is 61.2 cm³/mol. The van der Waals surface area contributed by atoms with Crippen molar-refractivity contribution < 1.29 is 25.1 Å². The SMILES string of the molecule is N[C@@]1(C(=O)O)CNCC1(CO)CCCB(O)O. The smallest absolute Gasteiger partial charge is 0.451 e. The van der Waals surface area contributed by atoms with Gasteiger partial charge in [-0.05, 0) is 12.7 Å². The van der Waals surface area contributed by atoms with Crippen LogP contribution in [0.4, 0.5) is 0 Å². The van der Waals surface area contributed by atoms with Gasteiger partial charge in [0.25, 0.3) is 0 Å². The maximum atomic E-state index is 11.2. The first-order valence-corrected chi connectivity index (χ1v) is 5.58. The summed E-state index contributed by atoms with van der Waals surface area (Å²) in [6, 6.07) is 0. The predicted octanol–water partition coefficient (Wildman–Crippen LogP) is -2.40. The highest BCUT2D eigenvalue weighted by atomic mass is 16.4. The van der Waals surface area contributed by atoms with Crippen LogP contribution < -0.4 is 11.1 Å². The molecule has 7 nitrogen and oxygen atoms in total. The monoisotopic (exact) mass is 246 g/mol. The van der Waals surface area contributed by atoms with Crippen molar-refractivity contribution in [2.75, 3.05) is 19.7 Å². The number of carboxylic acids is 1. The van der Waals surface area contributed by atoms with Crippen molar-refractivity contribution >= 4 is 13.1 Å². The standard InChI is InChI=1S/C9H19BN2O5/c11-9(7(14)15)5-12-4-8(9,6-13)2-1-3-10(16)17/h12-13,16-17H,1-6,11H2,(H,14,15)/t8?,9-/m1/s1. The van der Waals surface area contributed by atoms with Crippen LogP contribution in [-0.4, -0.2) is 58.6 Å². The Morgan fingerprint density at radius 3 is 2.53 bits per heavy atom. The van der Waals surface area contributed by atoms with Crippen LogP contribution in [0.1, 0.15) is 12.8 Å². The number of carboxylic acid groups (broad SMARTS) is 1. The number of nitrogens with two attached hydrogens (primary N) is 1. The van der Waals surface area contributed by atoms with Crippen molar-refractivity contribution in [3.05, 3.63) is 0 Å². The van der Waals surface area contributed by atoms with Crippen LogP contribution in [-0.2, 0) is 4.79 Å². The average molecular weight is 246 g/mol. The number of aliphatic hydroxyl groups excluding tert-OH is 1. The van der Waals surface area contributed by atoms with Gasteiger partial charge in [0.05, 0.1) is 6.61 Å². The lowest BCUT2D eigenvalue weighted by atomic mass is 9.68. The summed E-state index contributed by atoms with van der Waals surface area (Å²) in [7, 11) is -1.42. The van der Waals surface area contributed by atoms with E-state index in [4.69, 9.17) is 15.8 Å². The molecule has 98 valence electrons. The third-order valence-corrected chi connectivity index (χ3v) is 3.62. The zero-order chi connectivity index (χ0) is 13.1. The molecule has 8 heteroatoms. The van der Waals surface area contributed by atoms with Gasteiger partial charge >= 0.3 is 13.1 Å². The van der Waals surface area contributed by atoms with Crippen LogP contribution in [0, 0.1) is 5.41 Å². The third-order valence-electron chi connectivity index (χ3n) is 3.62. The van der Waals surface area contributed by atoms with Crippen molar-refractivity contribution in [2.24, 2.45) is 11.1 Å². The second-order valence-electron chi connectivity index (χ2n) is 4.69. The number of nitrogens with one attached hydrogen (secondary N) is 1. The van der Waals surface area contributed by atoms with Crippen LogP contribution in [0.5, 0.6) is 0 Å². The van der Waals surface area contributed by atoms with Crippen LogP contribution in [0.2, 0.25) is 6.32 Å². The van der Waals surface area contributed by atoms with Gasteiger partial charge in [-0.1, -0.05) is 6.42 Å². The molecule has 1 fully saturated rings. The van der Waals surface area contributed by atoms with Gasteiger partial charge in [0, 0.05) is 18.5 Å². The summed E-state index contributed by atoms with van der Waals surface area (Å²) < 4.78 is 0. The van der Waals surface area contributed by atoms with Gasteiger partial charge in [0.15, 0.2) is 0 Å². The Morgan fingerprint density at radius 1 is 1.41 bits per heavy atom. The van der Waals surface area contributed by atoms with Crippen LogP contribution in [0.15, 0.2) is 0 Å². The fourth-order valence-corrected chi connectivity index (χ4v) is 2.36. The fraction of sp³-hybridized carbons (Fsp3) is 0.889. The highest BCUT2D eigenvalue weighted by molar-refractivity contribution is 6.40. The summed E-state index contributed by atoms with van der Waals surface area (Å²) in [5, 5.41) is 39.0. The van der Waals surface area contributed by atoms with Gasteiger partial charge in [-0.15, -0.1) is 0 Å².